The Morgan fingerprint density at radius 2 is 0.768 bits per heavy atom. The lowest BCUT2D eigenvalue weighted by Crippen LogP contribution is -2.50. The number of nitrogens with zero attached hydrogens (tertiary/aromatic N) is 1. The Kier molecular flexibility index (Phi) is 49.6. The van der Waals surface area contributed by atoms with Crippen molar-refractivity contribution in [1.29, 1.82) is 0 Å². The zero-order valence-electron chi connectivity index (χ0n) is 46.0. The third-order valence-electron chi connectivity index (χ3n) is 13.2. The van der Waals surface area contributed by atoms with Crippen molar-refractivity contribution >= 4 is 17.9 Å². The van der Waals surface area contributed by atoms with Crippen molar-refractivity contribution in [3.63, 3.8) is 0 Å². The van der Waals surface area contributed by atoms with Crippen molar-refractivity contribution in [3.05, 3.63) is 48.6 Å². The van der Waals surface area contributed by atoms with Crippen molar-refractivity contribution in [2.45, 2.75) is 283 Å². The molecule has 0 saturated heterocycles. The number of rotatable bonds is 53. The van der Waals surface area contributed by atoms with Crippen molar-refractivity contribution in [2.24, 2.45) is 0 Å². The van der Waals surface area contributed by atoms with Gasteiger partial charge in [0.15, 0.2) is 12.1 Å². The SMILES string of the molecule is CCCCCCCCCC/C=C/C/C=C/CCCCCCCCCC(=O)OC(COCCC(C(=O)O)[N+](C)(C)C)COC(=O)CCCCCCCCC/C=C/C/C=C/CCCCCCCCCCC. The van der Waals surface area contributed by atoms with Crippen LogP contribution in [-0.2, 0) is 28.6 Å². The zero-order chi connectivity index (χ0) is 50.6. The number of carbonyl (C=O) groups is 3. The Balaban J connectivity index is 4.20. The number of likely N-dealkylation sites (N-methyl/N-ethyl adjacent to an activating group) is 1. The highest BCUT2D eigenvalue weighted by Gasteiger charge is 2.31. The van der Waals surface area contributed by atoms with Crippen LogP contribution in [0.25, 0.3) is 0 Å². The standard InChI is InChI=1S/C61H111NO7/c1-6-8-10-12-14-16-18-20-22-24-26-28-30-32-33-35-37-39-41-43-45-47-49-51-59(63)68-56-57(55-67-54-53-58(61(65)66)62(3,4)5)69-60(64)52-50-48-46-44-42-40-38-36-34-31-29-27-25-23-21-19-17-15-13-11-9-7-2/h25-28,31-34,57-58H,6-24,29-30,35-56H2,1-5H3/p+1/b27-25+,28-26+,33-32+,34-31+. The normalized spacial score (nSPS) is 13.1. The Labute approximate surface area is 426 Å². The van der Waals surface area contributed by atoms with Crippen LogP contribution in [0.4, 0.5) is 0 Å². The summed E-state index contributed by atoms with van der Waals surface area (Å²) in [6.45, 7) is 4.76. The topological polar surface area (TPSA) is 99.1 Å². The average Bonchev–Trinajstić information content (AvgIpc) is 3.31. The van der Waals surface area contributed by atoms with Crippen LogP contribution in [0.1, 0.15) is 271 Å². The van der Waals surface area contributed by atoms with E-state index in [1.807, 2.05) is 21.1 Å². The number of carbonyl (C=O) groups excluding carboxylic acids is 2. The summed E-state index contributed by atoms with van der Waals surface area (Å²) in [6, 6.07) is -0.620. The second-order valence-corrected chi connectivity index (χ2v) is 20.9. The number of hydrogen-bond donors (Lipinski definition) is 1. The summed E-state index contributed by atoms with van der Waals surface area (Å²) in [5, 5.41) is 9.68. The average molecular weight is 972 g/mol. The highest BCUT2D eigenvalue weighted by atomic mass is 16.6. The van der Waals surface area contributed by atoms with E-state index in [1.54, 1.807) is 0 Å². The number of allylic oxidation sites excluding steroid dienone is 8. The van der Waals surface area contributed by atoms with Gasteiger partial charge < -0.3 is 23.8 Å². The van der Waals surface area contributed by atoms with Crippen molar-refractivity contribution in [2.75, 3.05) is 41.0 Å². The van der Waals surface area contributed by atoms with E-state index in [2.05, 4.69) is 62.5 Å². The fourth-order valence-electron chi connectivity index (χ4n) is 8.68. The molecule has 1 N–H and O–H groups in total. The molecule has 0 amide bonds. The van der Waals surface area contributed by atoms with Crippen LogP contribution in [0.15, 0.2) is 48.6 Å². The van der Waals surface area contributed by atoms with Crippen molar-refractivity contribution in [1.82, 2.24) is 0 Å². The lowest BCUT2D eigenvalue weighted by atomic mass is 10.1. The summed E-state index contributed by atoms with van der Waals surface area (Å²) in [5.41, 5.74) is 0. The Morgan fingerprint density at radius 3 is 1.12 bits per heavy atom. The molecule has 0 aliphatic heterocycles. The third-order valence-corrected chi connectivity index (χ3v) is 13.2. The molecule has 402 valence electrons. The van der Waals surface area contributed by atoms with Gasteiger partial charge >= 0.3 is 17.9 Å². The number of unbranched alkanes of at least 4 members (excludes halogenated alkanes) is 31. The predicted octanol–water partition coefficient (Wildman–Crippen LogP) is 17.5. The molecule has 0 spiro atoms. The minimum Gasteiger partial charge on any atom is -0.477 e. The minimum absolute atomic E-state index is 0.0556. The summed E-state index contributed by atoms with van der Waals surface area (Å²) < 4.78 is 17.4. The van der Waals surface area contributed by atoms with Crippen LogP contribution in [0.5, 0.6) is 0 Å². The molecule has 0 aromatic heterocycles. The number of carboxylic acids is 1. The monoisotopic (exact) mass is 971 g/mol. The second kappa shape index (κ2) is 51.6. The van der Waals surface area contributed by atoms with Gasteiger partial charge in [0.1, 0.15) is 6.61 Å². The molecule has 8 heteroatoms. The summed E-state index contributed by atoms with van der Waals surface area (Å²) in [6.07, 6.45) is 64.6. The Hall–Kier alpha value is -2.71. The van der Waals surface area contributed by atoms with E-state index in [4.69, 9.17) is 14.2 Å². The lowest BCUT2D eigenvalue weighted by Gasteiger charge is -2.31. The van der Waals surface area contributed by atoms with Gasteiger partial charge in [0, 0.05) is 19.3 Å². The highest BCUT2D eigenvalue weighted by Crippen LogP contribution is 2.16. The molecular formula is C61H112NO7+. The van der Waals surface area contributed by atoms with Gasteiger partial charge in [-0.15, -0.1) is 0 Å². The molecule has 0 heterocycles. The van der Waals surface area contributed by atoms with E-state index < -0.39 is 18.1 Å². The number of esters is 2. The predicted molar refractivity (Wildman–Crippen MR) is 294 cm³/mol. The lowest BCUT2D eigenvalue weighted by molar-refractivity contribution is -0.887. The van der Waals surface area contributed by atoms with Gasteiger partial charge in [-0.3, -0.25) is 9.59 Å². The van der Waals surface area contributed by atoms with Crippen LogP contribution in [-0.4, -0.2) is 80.6 Å². The zero-order valence-corrected chi connectivity index (χ0v) is 46.0. The van der Waals surface area contributed by atoms with Gasteiger partial charge in [0.25, 0.3) is 0 Å². The van der Waals surface area contributed by atoms with Gasteiger partial charge in [0.05, 0.1) is 34.4 Å². The molecule has 0 bridgehead atoms. The molecule has 0 aromatic rings. The van der Waals surface area contributed by atoms with Gasteiger partial charge in [-0.25, -0.2) is 4.79 Å². The smallest absolute Gasteiger partial charge is 0.362 e. The molecule has 0 aliphatic carbocycles. The quantitative estimate of drug-likeness (QED) is 0.0280. The first-order valence-electron chi connectivity index (χ1n) is 29.2. The van der Waals surface area contributed by atoms with Crippen molar-refractivity contribution < 1.29 is 38.2 Å². The fourth-order valence-corrected chi connectivity index (χ4v) is 8.68. The maximum absolute atomic E-state index is 12.8. The van der Waals surface area contributed by atoms with E-state index in [0.717, 1.165) is 64.2 Å². The van der Waals surface area contributed by atoms with E-state index in [0.29, 0.717) is 19.3 Å². The molecule has 0 aliphatic rings. The van der Waals surface area contributed by atoms with Gasteiger partial charge in [0.2, 0.25) is 0 Å². The summed E-state index contributed by atoms with van der Waals surface area (Å²) in [4.78, 5) is 37.3. The summed E-state index contributed by atoms with van der Waals surface area (Å²) >= 11 is 0. The van der Waals surface area contributed by atoms with Crippen LogP contribution >= 0.6 is 0 Å². The molecule has 0 fully saturated rings. The Bertz CT molecular complexity index is 1270. The molecule has 0 saturated carbocycles. The van der Waals surface area contributed by atoms with Gasteiger partial charge in [-0.2, -0.15) is 0 Å². The van der Waals surface area contributed by atoms with Crippen LogP contribution in [0.3, 0.4) is 0 Å². The number of carboxylic acid groups (broad SMARTS) is 1. The van der Waals surface area contributed by atoms with Crippen molar-refractivity contribution in [3.8, 4) is 0 Å². The minimum atomic E-state index is -0.876. The second-order valence-electron chi connectivity index (χ2n) is 20.9. The number of aliphatic carboxylic acids is 1. The van der Waals surface area contributed by atoms with Crippen LogP contribution < -0.4 is 0 Å². The summed E-state index contributed by atoms with van der Waals surface area (Å²) in [5.74, 6) is -1.48. The summed E-state index contributed by atoms with van der Waals surface area (Å²) in [7, 11) is 5.54. The molecule has 0 radical (unpaired) electrons. The fraction of sp³-hybridized carbons (Fsp3) is 0.820. The maximum Gasteiger partial charge on any atom is 0.362 e. The van der Waals surface area contributed by atoms with E-state index >= 15 is 0 Å². The molecule has 2 atom stereocenters. The van der Waals surface area contributed by atoms with E-state index in [9.17, 15) is 19.5 Å². The Morgan fingerprint density at radius 1 is 0.435 bits per heavy atom. The van der Waals surface area contributed by atoms with E-state index in [1.165, 1.54) is 173 Å². The van der Waals surface area contributed by atoms with Crippen LogP contribution in [0.2, 0.25) is 0 Å². The first-order chi connectivity index (χ1) is 33.6. The number of quaternary nitrogens is 1. The van der Waals surface area contributed by atoms with E-state index in [-0.39, 0.29) is 36.2 Å². The molecular weight excluding hydrogens is 859 g/mol. The molecule has 69 heavy (non-hydrogen) atoms. The molecule has 2 unspecified atom stereocenters. The molecule has 8 nitrogen and oxygen atoms in total. The molecule has 0 rings (SSSR count). The van der Waals surface area contributed by atoms with Crippen LogP contribution in [0, 0.1) is 0 Å². The third kappa shape index (κ3) is 50.0. The largest absolute Gasteiger partial charge is 0.477 e. The molecule has 0 aromatic carbocycles. The van der Waals surface area contributed by atoms with Gasteiger partial charge in [-0.05, 0) is 77.0 Å². The highest BCUT2D eigenvalue weighted by molar-refractivity contribution is 5.72. The number of hydrogen-bond acceptors (Lipinski definition) is 6. The van der Waals surface area contributed by atoms with Gasteiger partial charge in [-0.1, -0.05) is 223 Å². The first-order valence-corrected chi connectivity index (χ1v) is 29.2. The number of ether oxygens (including phenoxy) is 3. The first kappa shape index (κ1) is 66.3. The maximum atomic E-state index is 12.8.